The van der Waals surface area contributed by atoms with Gasteiger partial charge in [-0.1, -0.05) is 18.2 Å². The van der Waals surface area contributed by atoms with Crippen LogP contribution in [0.2, 0.25) is 0 Å². The number of ether oxygens (including phenoxy) is 1. The van der Waals surface area contributed by atoms with E-state index < -0.39 is 23.3 Å². The number of hydrogen-bond acceptors (Lipinski definition) is 5. The number of fused-ring (bicyclic) bond motifs is 2. The standard InChI is InChI=1S/C24H26F2N2O4/c25-18-3-1-2-4-21(18)32-17-9-16-11-28(13-24(16,31)10-17)12-20(29)15-7-14-5-6-22(30)27-23(14)19(26)8-15/h1-4,7-8,16-17,20,29,31H,5-6,9-13H2,(H,27,30)/t16-,17+,20?,24-/m1/s1. The van der Waals surface area contributed by atoms with Crippen LogP contribution >= 0.6 is 0 Å². The molecule has 32 heavy (non-hydrogen) atoms. The molecule has 170 valence electrons. The van der Waals surface area contributed by atoms with Gasteiger partial charge in [0.15, 0.2) is 11.6 Å². The molecule has 1 saturated heterocycles. The van der Waals surface area contributed by atoms with E-state index in [4.69, 9.17) is 4.74 Å². The number of aliphatic hydroxyl groups excluding tert-OH is 1. The summed E-state index contributed by atoms with van der Waals surface area (Å²) in [5.41, 5.74) is 0.384. The summed E-state index contributed by atoms with van der Waals surface area (Å²) in [6.07, 6.45) is 0.548. The molecule has 0 bridgehead atoms. The molecule has 3 aliphatic rings. The molecule has 3 N–H and O–H groups in total. The fourth-order valence-corrected chi connectivity index (χ4v) is 5.35. The number of nitrogens with one attached hydrogen (secondary N) is 1. The third-order valence-corrected chi connectivity index (χ3v) is 6.89. The summed E-state index contributed by atoms with van der Waals surface area (Å²) in [5.74, 6) is -1.02. The Labute approximate surface area is 184 Å². The minimum absolute atomic E-state index is 0.0399. The van der Waals surface area contributed by atoms with Gasteiger partial charge < -0.3 is 20.3 Å². The Kier molecular flexibility index (Phi) is 5.39. The number of rotatable bonds is 5. The highest BCUT2D eigenvalue weighted by molar-refractivity contribution is 5.94. The fourth-order valence-electron chi connectivity index (χ4n) is 5.35. The number of anilines is 1. The number of amides is 1. The molecular weight excluding hydrogens is 418 g/mol. The maximum atomic E-state index is 14.5. The number of aryl methyl sites for hydroxylation is 1. The Morgan fingerprint density at radius 2 is 2.03 bits per heavy atom. The number of likely N-dealkylation sites (tertiary alicyclic amines) is 1. The fraction of sp³-hybridized carbons (Fsp3) is 0.458. The highest BCUT2D eigenvalue weighted by Gasteiger charge is 2.53. The van der Waals surface area contributed by atoms with Crippen LogP contribution in [0.4, 0.5) is 14.5 Å². The van der Waals surface area contributed by atoms with E-state index in [0.717, 1.165) is 0 Å². The molecule has 2 aromatic carbocycles. The predicted molar refractivity (Wildman–Crippen MR) is 113 cm³/mol. The molecule has 0 radical (unpaired) electrons. The maximum absolute atomic E-state index is 14.5. The van der Waals surface area contributed by atoms with Gasteiger partial charge in [-0.15, -0.1) is 0 Å². The molecule has 1 saturated carbocycles. The molecule has 1 amide bonds. The molecule has 1 aliphatic carbocycles. The molecule has 2 fully saturated rings. The van der Waals surface area contributed by atoms with Crippen molar-refractivity contribution in [2.45, 2.75) is 43.5 Å². The number of hydrogen-bond donors (Lipinski definition) is 3. The molecule has 5 rings (SSSR count). The first kappa shape index (κ1) is 21.3. The lowest BCUT2D eigenvalue weighted by Crippen LogP contribution is -2.36. The van der Waals surface area contributed by atoms with Crippen LogP contribution in [0.3, 0.4) is 0 Å². The monoisotopic (exact) mass is 444 g/mol. The minimum atomic E-state index is -0.957. The zero-order chi connectivity index (χ0) is 22.5. The average molecular weight is 444 g/mol. The van der Waals surface area contributed by atoms with Crippen LogP contribution in [-0.2, 0) is 11.2 Å². The van der Waals surface area contributed by atoms with Gasteiger partial charge in [0.1, 0.15) is 11.9 Å². The molecule has 1 unspecified atom stereocenters. The van der Waals surface area contributed by atoms with E-state index >= 15 is 0 Å². The molecule has 4 atom stereocenters. The zero-order valence-electron chi connectivity index (χ0n) is 17.6. The van der Waals surface area contributed by atoms with Crippen LogP contribution in [0.1, 0.15) is 36.5 Å². The van der Waals surface area contributed by atoms with Gasteiger partial charge in [0.05, 0.1) is 17.4 Å². The Morgan fingerprint density at radius 3 is 2.81 bits per heavy atom. The number of nitrogens with zero attached hydrogens (tertiary/aromatic N) is 1. The van der Waals surface area contributed by atoms with Crippen molar-refractivity contribution in [1.82, 2.24) is 4.90 Å². The van der Waals surface area contributed by atoms with Crippen molar-refractivity contribution in [2.24, 2.45) is 5.92 Å². The number of halogens is 2. The highest BCUT2D eigenvalue weighted by atomic mass is 19.1. The smallest absolute Gasteiger partial charge is 0.224 e. The summed E-state index contributed by atoms with van der Waals surface area (Å²) in [6, 6.07) is 9.25. The predicted octanol–water partition coefficient (Wildman–Crippen LogP) is 2.79. The van der Waals surface area contributed by atoms with Crippen LogP contribution in [0.15, 0.2) is 36.4 Å². The Bertz CT molecular complexity index is 1050. The number of β-amino-alcohol motifs (C(OH)–C–C–N with tert-alkyl or cyclic N) is 2. The summed E-state index contributed by atoms with van der Waals surface area (Å²) in [7, 11) is 0. The van der Waals surface area contributed by atoms with Gasteiger partial charge in [-0.25, -0.2) is 8.78 Å². The SMILES string of the molecule is O=C1CCc2cc(C(O)CN3C[C@H]4C[C@H](Oc5ccccc5F)C[C@@]4(O)C3)cc(F)c2N1. The lowest BCUT2D eigenvalue weighted by molar-refractivity contribution is -0.116. The Morgan fingerprint density at radius 1 is 1.22 bits per heavy atom. The van der Waals surface area contributed by atoms with E-state index in [-0.39, 0.29) is 35.9 Å². The van der Waals surface area contributed by atoms with Crippen LogP contribution in [0, 0.1) is 17.6 Å². The molecule has 6 nitrogen and oxygen atoms in total. The largest absolute Gasteiger partial charge is 0.487 e. The van der Waals surface area contributed by atoms with E-state index in [1.807, 2.05) is 4.90 Å². The Hall–Kier alpha value is -2.55. The van der Waals surface area contributed by atoms with E-state index in [1.165, 1.54) is 12.1 Å². The zero-order valence-corrected chi connectivity index (χ0v) is 17.6. The average Bonchev–Trinajstić information content (AvgIpc) is 3.20. The van der Waals surface area contributed by atoms with Gasteiger partial charge in [0.25, 0.3) is 0 Å². The quantitative estimate of drug-likeness (QED) is 0.661. The third-order valence-electron chi connectivity index (χ3n) is 6.89. The Balaban J connectivity index is 1.21. The second-order valence-corrected chi connectivity index (χ2v) is 9.21. The van der Waals surface area contributed by atoms with Crippen LogP contribution in [0.25, 0.3) is 0 Å². The number of benzene rings is 2. The van der Waals surface area contributed by atoms with Crippen LogP contribution in [0.5, 0.6) is 5.75 Å². The minimum Gasteiger partial charge on any atom is -0.487 e. The molecule has 2 heterocycles. The summed E-state index contributed by atoms with van der Waals surface area (Å²) >= 11 is 0. The van der Waals surface area contributed by atoms with Gasteiger partial charge in [0, 0.05) is 38.4 Å². The summed E-state index contributed by atoms with van der Waals surface area (Å²) in [6.45, 7) is 1.21. The lowest BCUT2D eigenvalue weighted by Gasteiger charge is -2.26. The second kappa shape index (κ2) is 8.10. The van der Waals surface area contributed by atoms with Crippen molar-refractivity contribution in [3.05, 3.63) is 59.2 Å². The van der Waals surface area contributed by atoms with Crippen LogP contribution in [-0.4, -0.2) is 52.4 Å². The van der Waals surface area contributed by atoms with Gasteiger partial charge in [-0.2, -0.15) is 0 Å². The summed E-state index contributed by atoms with van der Waals surface area (Å²) in [4.78, 5) is 13.5. The molecule has 8 heteroatoms. The molecule has 2 aliphatic heterocycles. The molecular formula is C24H26F2N2O4. The lowest BCUT2D eigenvalue weighted by atomic mass is 9.95. The number of carbonyl (C=O) groups is 1. The van der Waals surface area contributed by atoms with E-state index in [2.05, 4.69) is 5.32 Å². The van der Waals surface area contributed by atoms with Gasteiger partial charge in [0.2, 0.25) is 5.91 Å². The van der Waals surface area contributed by atoms with Crippen molar-refractivity contribution in [2.75, 3.05) is 25.0 Å². The van der Waals surface area contributed by atoms with Crippen LogP contribution < -0.4 is 10.1 Å². The second-order valence-electron chi connectivity index (χ2n) is 9.21. The number of aliphatic hydroxyl groups is 2. The van der Waals surface area contributed by atoms with Crippen molar-refractivity contribution in [3.8, 4) is 5.75 Å². The van der Waals surface area contributed by atoms with E-state index in [0.29, 0.717) is 49.9 Å². The third kappa shape index (κ3) is 3.98. The summed E-state index contributed by atoms with van der Waals surface area (Å²) in [5, 5.41) is 24.4. The topological polar surface area (TPSA) is 82.0 Å². The number of carbonyl (C=O) groups excluding carboxylic acids is 1. The molecule has 0 aromatic heterocycles. The first-order valence-electron chi connectivity index (χ1n) is 11.0. The van der Waals surface area contributed by atoms with Gasteiger partial charge in [-0.3, -0.25) is 9.69 Å². The van der Waals surface area contributed by atoms with Gasteiger partial charge >= 0.3 is 0 Å². The first-order valence-corrected chi connectivity index (χ1v) is 11.0. The molecule has 2 aromatic rings. The number of para-hydroxylation sites is 1. The maximum Gasteiger partial charge on any atom is 0.224 e. The van der Waals surface area contributed by atoms with E-state index in [9.17, 15) is 23.8 Å². The van der Waals surface area contributed by atoms with Crippen molar-refractivity contribution in [3.63, 3.8) is 0 Å². The van der Waals surface area contributed by atoms with E-state index in [1.54, 1.807) is 24.3 Å². The van der Waals surface area contributed by atoms with Crippen molar-refractivity contribution < 1.29 is 28.5 Å². The highest BCUT2D eigenvalue weighted by Crippen LogP contribution is 2.43. The van der Waals surface area contributed by atoms with Crippen molar-refractivity contribution in [1.29, 1.82) is 0 Å². The van der Waals surface area contributed by atoms with Crippen molar-refractivity contribution >= 4 is 11.6 Å². The first-order chi connectivity index (χ1) is 15.3. The van der Waals surface area contributed by atoms with Gasteiger partial charge in [-0.05, 0) is 42.2 Å². The molecule has 0 spiro atoms. The normalized spacial score (nSPS) is 28.2. The summed E-state index contributed by atoms with van der Waals surface area (Å²) < 4.78 is 34.1.